The van der Waals surface area contributed by atoms with E-state index < -0.39 is 0 Å². The number of allylic oxidation sites excluding steroid dienone is 1. The molecule has 1 fully saturated rings. The van der Waals surface area contributed by atoms with Crippen molar-refractivity contribution in [3.63, 3.8) is 0 Å². The van der Waals surface area contributed by atoms with Crippen molar-refractivity contribution in [3.05, 3.63) is 54.1 Å². The standard InChI is InChI=1S/C29H39N3O5/c1-3-4-5-6-12-31-13-17-35-19-15-32(16-20-37-22-21-36-18-14-31)26-11-10-25-27-23(26)8-7-9-24(27)28(33)30(2)29(25)34/h3,7-11H,1,4-6,12-22H2,2H3. The van der Waals surface area contributed by atoms with Crippen LogP contribution in [0.5, 0.6) is 0 Å². The van der Waals surface area contributed by atoms with Gasteiger partial charge in [0.1, 0.15) is 0 Å². The molecule has 2 aromatic carbocycles. The van der Waals surface area contributed by atoms with E-state index in [1.54, 1.807) is 6.07 Å². The summed E-state index contributed by atoms with van der Waals surface area (Å²) >= 11 is 0. The van der Waals surface area contributed by atoms with Gasteiger partial charge in [-0.2, -0.15) is 0 Å². The van der Waals surface area contributed by atoms with Gasteiger partial charge in [0.05, 0.1) is 39.6 Å². The number of imide groups is 1. The average Bonchev–Trinajstić information content (AvgIpc) is 2.92. The predicted molar refractivity (Wildman–Crippen MR) is 146 cm³/mol. The summed E-state index contributed by atoms with van der Waals surface area (Å²) in [7, 11) is 1.53. The van der Waals surface area contributed by atoms with Crippen molar-refractivity contribution in [1.82, 2.24) is 9.80 Å². The smallest absolute Gasteiger partial charge is 0.261 e. The molecule has 0 saturated carbocycles. The third-order valence-corrected chi connectivity index (χ3v) is 7.05. The van der Waals surface area contributed by atoms with Crippen LogP contribution >= 0.6 is 0 Å². The molecule has 2 aliphatic heterocycles. The highest BCUT2D eigenvalue weighted by molar-refractivity contribution is 6.26. The zero-order valence-corrected chi connectivity index (χ0v) is 22.0. The molecule has 4 rings (SSSR count). The molecule has 0 bridgehead atoms. The third-order valence-electron chi connectivity index (χ3n) is 7.05. The Morgan fingerprint density at radius 1 is 0.811 bits per heavy atom. The Hall–Kier alpha value is -2.78. The van der Waals surface area contributed by atoms with Crippen LogP contribution in [-0.4, -0.2) is 101 Å². The third kappa shape index (κ3) is 6.76. The number of carbonyl (C=O) groups is 2. The van der Waals surface area contributed by atoms with E-state index in [1.165, 1.54) is 11.9 Å². The second-order valence-corrected chi connectivity index (χ2v) is 9.48. The number of carbonyl (C=O) groups excluding carboxylic acids is 2. The molecular formula is C29H39N3O5. The van der Waals surface area contributed by atoms with Crippen LogP contribution in [0.15, 0.2) is 43.0 Å². The Morgan fingerprint density at radius 3 is 2.11 bits per heavy atom. The van der Waals surface area contributed by atoms with Crippen LogP contribution in [0.4, 0.5) is 5.69 Å². The fraction of sp³-hybridized carbons (Fsp3) is 0.517. The normalized spacial score (nSPS) is 19.1. The van der Waals surface area contributed by atoms with E-state index in [2.05, 4.69) is 16.4 Å². The molecule has 0 aromatic heterocycles. The first-order valence-electron chi connectivity index (χ1n) is 13.3. The Morgan fingerprint density at radius 2 is 1.43 bits per heavy atom. The van der Waals surface area contributed by atoms with Crippen molar-refractivity contribution in [2.24, 2.45) is 0 Å². The van der Waals surface area contributed by atoms with Gasteiger partial charge in [0.2, 0.25) is 0 Å². The number of hydrogen-bond acceptors (Lipinski definition) is 7. The van der Waals surface area contributed by atoms with Crippen LogP contribution < -0.4 is 4.90 Å². The first-order chi connectivity index (χ1) is 18.1. The van der Waals surface area contributed by atoms with Gasteiger partial charge in [-0.15, -0.1) is 6.58 Å². The lowest BCUT2D eigenvalue weighted by Gasteiger charge is -2.29. The minimum atomic E-state index is -0.266. The van der Waals surface area contributed by atoms with Crippen LogP contribution in [0.1, 0.15) is 40.0 Å². The van der Waals surface area contributed by atoms with Gasteiger partial charge < -0.3 is 19.1 Å². The second-order valence-electron chi connectivity index (χ2n) is 9.48. The van der Waals surface area contributed by atoms with Gasteiger partial charge in [-0.05, 0) is 44.0 Å². The monoisotopic (exact) mass is 509 g/mol. The Bertz CT molecular complexity index is 1070. The van der Waals surface area contributed by atoms with E-state index in [-0.39, 0.29) is 11.8 Å². The van der Waals surface area contributed by atoms with Gasteiger partial charge in [0.15, 0.2) is 0 Å². The highest BCUT2D eigenvalue weighted by Crippen LogP contribution is 2.35. The Kier molecular flexibility index (Phi) is 10.1. The SMILES string of the molecule is C=CCCCCN1CCOCCOCCN(c2ccc3c4c(cccc24)C(=O)N(C)C3=O)CCOCC1. The van der Waals surface area contributed by atoms with Crippen LogP contribution in [0.25, 0.3) is 10.8 Å². The number of unbranched alkanes of at least 4 members (excludes halogenated alkanes) is 2. The summed E-state index contributed by atoms with van der Waals surface area (Å²) in [4.78, 5) is 31.4. The van der Waals surface area contributed by atoms with Gasteiger partial charge in [-0.25, -0.2) is 0 Å². The maximum atomic E-state index is 12.8. The van der Waals surface area contributed by atoms with Gasteiger partial charge >= 0.3 is 0 Å². The second kappa shape index (κ2) is 13.7. The van der Waals surface area contributed by atoms with Gasteiger partial charge in [-0.3, -0.25) is 19.4 Å². The maximum absolute atomic E-state index is 12.8. The summed E-state index contributed by atoms with van der Waals surface area (Å²) < 4.78 is 17.7. The van der Waals surface area contributed by atoms with Gasteiger partial charge in [0, 0.05) is 60.8 Å². The summed E-state index contributed by atoms with van der Waals surface area (Å²) in [5.74, 6) is -0.531. The summed E-state index contributed by atoms with van der Waals surface area (Å²) in [5, 5.41) is 1.63. The molecule has 8 heteroatoms. The van der Waals surface area contributed by atoms with E-state index >= 15 is 0 Å². The lowest BCUT2D eigenvalue weighted by molar-refractivity contribution is 0.0380. The molecule has 2 amide bonds. The number of anilines is 1. The molecule has 0 spiro atoms. The van der Waals surface area contributed by atoms with Gasteiger partial charge in [-0.1, -0.05) is 18.2 Å². The minimum Gasteiger partial charge on any atom is -0.378 e. The van der Waals surface area contributed by atoms with Gasteiger partial charge in [0.25, 0.3) is 11.8 Å². The summed E-state index contributed by atoms with van der Waals surface area (Å²) in [6.45, 7) is 11.5. The number of nitrogens with zero attached hydrogens (tertiary/aromatic N) is 3. The first-order valence-corrected chi connectivity index (χ1v) is 13.3. The molecule has 8 nitrogen and oxygen atoms in total. The topological polar surface area (TPSA) is 71.6 Å². The molecule has 1 saturated heterocycles. The fourth-order valence-electron chi connectivity index (χ4n) is 4.95. The fourth-order valence-corrected chi connectivity index (χ4v) is 4.95. The largest absolute Gasteiger partial charge is 0.378 e. The number of benzene rings is 2. The number of hydrogen-bond donors (Lipinski definition) is 0. The maximum Gasteiger partial charge on any atom is 0.261 e. The molecule has 0 radical (unpaired) electrons. The van der Waals surface area contributed by atoms with Crippen LogP contribution in [0, 0.1) is 0 Å². The summed E-state index contributed by atoms with van der Waals surface area (Å²) in [6, 6.07) is 9.47. The quantitative estimate of drug-likeness (QED) is 0.335. The highest BCUT2D eigenvalue weighted by Gasteiger charge is 2.31. The van der Waals surface area contributed by atoms with Crippen LogP contribution in [0.3, 0.4) is 0 Å². The number of amides is 2. The van der Waals surface area contributed by atoms with E-state index in [0.29, 0.717) is 63.9 Å². The first kappa shape index (κ1) is 27.3. The zero-order chi connectivity index (χ0) is 26.0. The van der Waals surface area contributed by atoms with E-state index in [1.807, 2.05) is 30.3 Å². The van der Waals surface area contributed by atoms with Crippen molar-refractivity contribution in [3.8, 4) is 0 Å². The van der Waals surface area contributed by atoms with E-state index in [4.69, 9.17) is 14.2 Å². The predicted octanol–water partition coefficient (Wildman–Crippen LogP) is 3.59. The molecule has 2 aromatic rings. The zero-order valence-electron chi connectivity index (χ0n) is 22.0. The van der Waals surface area contributed by atoms with Crippen LogP contribution in [-0.2, 0) is 14.2 Å². The summed E-state index contributed by atoms with van der Waals surface area (Å²) in [6.07, 6.45) is 5.30. The van der Waals surface area contributed by atoms with E-state index in [9.17, 15) is 9.59 Å². The molecule has 2 aliphatic rings. The molecular weight excluding hydrogens is 470 g/mol. The average molecular weight is 510 g/mol. The lowest BCUT2D eigenvalue weighted by atomic mass is 9.93. The van der Waals surface area contributed by atoms with Crippen molar-refractivity contribution in [1.29, 1.82) is 0 Å². The van der Waals surface area contributed by atoms with Crippen LogP contribution in [0.2, 0.25) is 0 Å². The molecule has 2 heterocycles. The number of ether oxygens (including phenoxy) is 3. The molecule has 0 N–H and O–H groups in total. The Balaban J connectivity index is 1.48. The van der Waals surface area contributed by atoms with Crippen molar-refractivity contribution in [2.75, 3.05) is 84.3 Å². The number of rotatable bonds is 6. The Labute approximate surface area is 219 Å². The van der Waals surface area contributed by atoms with Crippen molar-refractivity contribution >= 4 is 28.3 Å². The lowest BCUT2D eigenvalue weighted by Crippen LogP contribution is -2.37. The summed E-state index contributed by atoms with van der Waals surface area (Å²) in [5.41, 5.74) is 2.10. The minimum absolute atomic E-state index is 0.266. The van der Waals surface area contributed by atoms with E-state index in [0.717, 1.165) is 55.4 Å². The highest BCUT2D eigenvalue weighted by atomic mass is 16.5. The molecule has 37 heavy (non-hydrogen) atoms. The molecule has 0 atom stereocenters. The van der Waals surface area contributed by atoms with Crippen molar-refractivity contribution in [2.45, 2.75) is 19.3 Å². The molecule has 200 valence electrons. The molecule has 0 aliphatic carbocycles. The van der Waals surface area contributed by atoms with Crippen molar-refractivity contribution < 1.29 is 23.8 Å². The molecule has 0 unspecified atom stereocenters.